The first-order valence-corrected chi connectivity index (χ1v) is 12.1. The molecular formula is C25H24F3NO5S. The number of carboxylic acid groups (broad SMARTS) is 1. The van der Waals surface area contributed by atoms with Crippen LogP contribution >= 0.6 is 0 Å². The molecule has 0 fully saturated rings. The van der Waals surface area contributed by atoms with Crippen molar-refractivity contribution in [3.05, 3.63) is 89.0 Å². The van der Waals surface area contributed by atoms with Crippen molar-refractivity contribution in [2.45, 2.75) is 43.9 Å². The van der Waals surface area contributed by atoms with Crippen LogP contribution in [0.25, 0.3) is 0 Å². The highest BCUT2D eigenvalue weighted by Gasteiger charge is 2.32. The number of aliphatic carboxylic acids is 1. The zero-order valence-electron chi connectivity index (χ0n) is 19.0. The Kier molecular flexibility index (Phi) is 7.74. The molecule has 0 bridgehead atoms. The third kappa shape index (κ3) is 6.75. The van der Waals surface area contributed by atoms with Crippen molar-refractivity contribution in [2.75, 3.05) is 4.72 Å². The number of nitrogens with one attached hydrogen (secondary N) is 1. The molecule has 0 heterocycles. The van der Waals surface area contributed by atoms with E-state index in [0.29, 0.717) is 16.7 Å². The van der Waals surface area contributed by atoms with E-state index >= 15 is 0 Å². The van der Waals surface area contributed by atoms with Gasteiger partial charge in [-0.2, -0.15) is 13.2 Å². The van der Waals surface area contributed by atoms with E-state index in [1.54, 1.807) is 42.5 Å². The summed E-state index contributed by atoms with van der Waals surface area (Å²) >= 11 is 0. The molecule has 3 aromatic rings. The number of anilines is 1. The minimum atomic E-state index is -4.65. The third-order valence-corrected chi connectivity index (χ3v) is 6.60. The fourth-order valence-corrected chi connectivity index (χ4v) is 4.83. The second kappa shape index (κ2) is 10.4. The molecule has 3 aromatic carbocycles. The Labute approximate surface area is 201 Å². The normalized spacial score (nSPS) is 11.9. The molecule has 0 saturated heterocycles. The number of rotatable bonds is 9. The predicted molar refractivity (Wildman–Crippen MR) is 125 cm³/mol. The number of alkyl halides is 3. The molecule has 2 N–H and O–H groups in total. The second-order valence-corrected chi connectivity index (χ2v) is 9.83. The molecule has 0 aliphatic heterocycles. The monoisotopic (exact) mass is 507 g/mol. The van der Waals surface area contributed by atoms with Gasteiger partial charge in [-0.3, -0.25) is 9.52 Å². The van der Waals surface area contributed by atoms with E-state index in [-0.39, 0.29) is 35.3 Å². The Morgan fingerprint density at radius 3 is 2.23 bits per heavy atom. The zero-order chi connectivity index (χ0) is 25.8. The lowest BCUT2D eigenvalue weighted by atomic mass is 10.0. The van der Waals surface area contributed by atoms with Crippen molar-refractivity contribution in [3.63, 3.8) is 0 Å². The van der Waals surface area contributed by atoms with Crippen molar-refractivity contribution in [2.24, 2.45) is 0 Å². The van der Waals surface area contributed by atoms with Crippen molar-refractivity contribution < 1.29 is 36.2 Å². The molecule has 0 aromatic heterocycles. The number of carbonyl (C=O) groups is 1. The van der Waals surface area contributed by atoms with Gasteiger partial charge < -0.3 is 9.84 Å². The van der Waals surface area contributed by atoms with Crippen LogP contribution in [0.4, 0.5) is 18.9 Å². The van der Waals surface area contributed by atoms with E-state index < -0.39 is 27.7 Å². The highest BCUT2D eigenvalue weighted by molar-refractivity contribution is 7.92. The van der Waals surface area contributed by atoms with Crippen molar-refractivity contribution in [3.8, 4) is 5.75 Å². The van der Waals surface area contributed by atoms with Crippen LogP contribution in [0.5, 0.6) is 5.75 Å². The summed E-state index contributed by atoms with van der Waals surface area (Å²) in [5, 5.41) is 8.86. The lowest BCUT2D eigenvalue weighted by Gasteiger charge is -2.18. The zero-order valence-corrected chi connectivity index (χ0v) is 19.8. The fraction of sp³-hybridized carbons (Fsp3) is 0.240. The van der Waals surface area contributed by atoms with Gasteiger partial charge in [-0.15, -0.1) is 0 Å². The molecule has 186 valence electrons. The van der Waals surface area contributed by atoms with Gasteiger partial charge in [0, 0.05) is 0 Å². The number of benzene rings is 3. The Balaban J connectivity index is 1.91. The Morgan fingerprint density at radius 1 is 1.00 bits per heavy atom. The largest absolute Gasteiger partial charge is 0.487 e. The Morgan fingerprint density at radius 2 is 1.63 bits per heavy atom. The van der Waals surface area contributed by atoms with E-state index in [4.69, 9.17) is 9.84 Å². The van der Waals surface area contributed by atoms with Crippen LogP contribution in [-0.4, -0.2) is 19.5 Å². The molecule has 0 aliphatic carbocycles. The van der Waals surface area contributed by atoms with Crippen LogP contribution < -0.4 is 9.46 Å². The Hall–Kier alpha value is -3.53. The summed E-state index contributed by atoms with van der Waals surface area (Å²) in [7, 11) is -4.13. The predicted octanol–water partition coefficient (Wildman–Crippen LogP) is 5.84. The quantitative estimate of drug-likeness (QED) is 0.380. The number of carboxylic acids is 1. The van der Waals surface area contributed by atoms with Gasteiger partial charge in [-0.25, -0.2) is 8.42 Å². The van der Waals surface area contributed by atoms with E-state index in [0.717, 1.165) is 18.2 Å². The van der Waals surface area contributed by atoms with Crippen molar-refractivity contribution >= 4 is 21.7 Å². The number of hydrogen-bond donors (Lipinski definition) is 2. The molecule has 3 rings (SSSR count). The summed E-state index contributed by atoms with van der Waals surface area (Å²) in [5.41, 5.74) is 0.554. The molecule has 0 atom stereocenters. The van der Waals surface area contributed by atoms with Crippen LogP contribution in [0, 0.1) is 0 Å². The molecule has 0 spiro atoms. The summed E-state index contributed by atoms with van der Waals surface area (Å²) in [5.74, 6) is -1.39. The SMILES string of the molecule is CC(C)c1ccccc1S(=O)(=O)Nc1ccc(C(F)(F)F)cc1OCc1ccc(CC(=O)O)cc1. The fourth-order valence-electron chi connectivity index (χ4n) is 3.39. The topological polar surface area (TPSA) is 92.7 Å². The molecule has 0 saturated carbocycles. The van der Waals surface area contributed by atoms with Crippen LogP contribution in [0.15, 0.2) is 71.6 Å². The van der Waals surface area contributed by atoms with Gasteiger partial charge in [0.15, 0.2) is 0 Å². The van der Waals surface area contributed by atoms with E-state index in [1.807, 2.05) is 13.8 Å². The standard InChI is InChI=1S/C25H24F3NO5S/c1-16(2)20-5-3-4-6-23(20)35(32,33)29-21-12-11-19(25(26,27)28)14-22(21)34-15-18-9-7-17(8-10-18)13-24(30)31/h3-12,14,16,29H,13,15H2,1-2H3,(H,30,31). The van der Waals surface area contributed by atoms with Crippen LogP contribution in [0.3, 0.4) is 0 Å². The highest BCUT2D eigenvalue weighted by Crippen LogP contribution is 2.37. The first-order valence-electron chi connectivity index (χ1n) is 10.6. The Bertz CT molecular complexity index is 1300. The van der Waals surface area contributed by atoms with E-state index in [1.165, 1.54) is 6.07 Å². The minimum absolute atomic E-state index is 0.0230. The molecule has 0 unspecified atom stereocenters. The molecule has 0 amide bonds. The maximum absolute atomic E-state index is 13.3. The van der Waals surface area contributed by atoms with Gasteiger partial charge in [0.2, 0.25) is 0 Å². The van der Waals surface area contributed by atoms with Gasteiger partial charge in [-0.05, 0) is 46.9 Å². The lowest BCUT2D eigenvalue weighted by molar-refractivity contribution is -0.138. The van der Waals surface area contributed by atoms with Gasteiger partial charge in [-0.1, -0.05) is 56.3 Å². The molecule has 10 heteroatoms. The molecule has 35 heavy (non-hydrogen) atoms. The lowest BCUT2D eigenvalue weighted by Crippen LogP contribution is -2.17. The maximum atomic E-state index is 13.3. The second-order valence-electron chi connectivity index (χ2n) is 8.18. The minimum Gasteiger partial charge on any atom is -0.487 e. The first-order chi connectivity index (χ1) is 16.4. The summed E-state index contributed by atoms with van der Waals surface area (Å²) in [4.78, 5) is 10.8. The molecule has 0 aliphatic rings. The van der Waals surface area contributed by atoms with Gasteiger partial charge in [0.1, 0.15) is 12.4 Å². The average Bonchev–Trinajstić information content (AvgIpc) is 2.78. The van der Waals surface area contributed by atoms with Gasteiger partial charge in [0.05, 0.1) is 22.6 Å². The number of hydrogen-bond acceptors (Lipinski definition) is 4. The highest BCUT2D eigenvalue weighted by atomic mass is 32.2. The van der Waals surface area contributed by atoms with Crippen molar-refractivity contribution in [1.29, 1.82) is 0 Å². The average molecular weight is 508 g/mol. The van der Waals surface area contributed by atoms with E-state index in [2.05, 4.69) is 4.72 Å². The van der Waals surface area contributed by atoms with Crippen LogP contribution in [0.2, 0.25) is 0 Å². The maximum Gasteiger partial charge on any atom is 0.416 e. The summed E-state index contributed by atoms with van der Waals surface area (Å²) in [6, 6.07) is 15.3. The van der Waals surface area contributed by atoms with Gasteiger partial charge >= 0.3 is 12.1 Å². The smallest absolute Gasteiger partial charge is 0.416 e. The first kappa shape index (κ1) is 26.1. The van der Waals surface area contributed by atoms with Gasteiger partial charge in [0.25, 0.3) is 10.0 Å². The number of sulfonamides is 1. The third-order valence-electron chi connectivity index (χ3n) is 5.16. The number of halogens is 3. The van der Waals surface area contributed by atoms with Crippen LogP contribution in [0.1, 0.15) is 42.0 Å². The van der Waals surface area contributed by atoms with E-state index in [9.17, 15) is 26.4 Å². The summed E-state index contributed by atoms with van der Waals surface area (Å²) in [6.07, 6.45) is -4.82. The summed E-state index contributed by atoms with van der Waals surface area (Å²) < 4.78 is 74.1. The number of ether oxygens (including phenoxy) is 1. The molecule has 0 radical (unpaired) electrons. The molecular weight excluding hydrogens is 483 g/mol. The summed E-state index contributed by atoms with van der Waals surface area (Å²) in [6.45, 7) is 3.51. The molecule has 6 nitrogen and oxygen atoms in total. The van der Waals surface area contributed by atoms with Crippen molar-refractivity contribution in [1.82, 2.24) is 0 Å². The van der Waals surface area contributed by atoms with Crippen LogP contribution in [-0.2, 0) is 34.0 Å².